The van der Waals surface area contributed by atoms with Crippen molar-refractivity contribution in [2.45, 2.75) is 12.8 Å². The van der Waals surface area contributed by atoms with Crippen LogP contribution >= 0.6 is 11.3 Å². The second-order valence-electron chi connectivity index (χ2n) is 5.62. The summed E-state index contributed by atoms with van der Waals surface area (Å²) in [7, 11) is 5.17. The third-order valence-corrected chi connectivity index (χ3v) is 4.82. The molecule has 2 amide bonds. The zero-order chi connectivity index (χ0) is 16.6. The van der Waals surface area contributed by atoms with Crippen LogP contribution in [-0.4, -0.2) is 68.5 Å². The van der Waals surface area contributed by atoms with Crippen LogP contribution < -0.4 is 0 Å². The van der Waals surface area contributed by atoms with Gasteiger partial charge in [0.05, 0.1) is 5.69 Å². The predicted octanol–water partition coefficient (Wildman–Crippen LogP) is 0.214. The number of carbonyl (C=O) groups is 2. The average Bonchev–Trinajstić information content (AvgIpc) is 3.08. The molecule has 1 aliphatic rings. The molecule has 23 heavy (non-hydrogen) atoms. The topological polar surface area (TPSA) is 84.2 Å². The number of rotatable bonds is 2. The predicted molar refractivity (Wildman–Crippen MR) is 84.4 cm³/mol. The van der Waals surface area contributed by atoms with Crippen LogP contribution in [0.5, 0.6) is 0 Å². The van der Waals surface area contributed by atoms with Crippen LogP contribution in [0.15, 0.2) is 6.33 Å². The Morgan fingerprint density at radius 1 is 1.26 bits per heavy atom. The molecule has 0 N–H and O–H groups in total. The monoisotopic (exact) mass is 334 g/mol. The minimum absolute atomic E-state index is 0.0753. The first-order valence-corrected chi connectivity index (χ1v) is 8.12. The fourth-order valence-corrected chi connectivity index (χ4v) is 3.55. The molecule has 0 saturated carbocycles. The van der Waals surface area contributed by atoms with Gasteiger partial charge in [-0.2, -0.15) is 0 Å². The molecule has 0 fully saturated rings. The van der Waals surface area contributed by atoms with Gasteiger partial charge < -0.3 is 9.80 Å². The summed E-state index contributed by atoms with van der Waals surface area (Å²) in [6.07, 6.45) is 2.86. The zero-order valence-corrected chi connectivity index (χ0v) is 14.1. The van der Waals surface area contributed by atoms with E-state index in [1.54, 1.807) is 26.0 Å². The molecule has 1 aliphatic heterocycles. The van der Waals surface area contributed by atoms with E-state index in [4.69, 9.17) is 0 Å². The Kier molecular flexibility index (Phi) is 4.12. The van der Waals surface area contributed by atoms with Crippen LogP contribution in [0.3, 0.4) is 0 Å². The maximum absolute atomic E-state index is 12.4. The fourth-order valence-electron chi connectivity index (χ4n) is 2.43. The van der Waals surface area contributed by atoms with Gasteiger partial charge in [-0.05, 0) is 0 Å². The van der Waals surface area contributed by atoms with Crippen LogP contribution in [0.4, 0.5) is 0 Å². The van der Waals surface area contributed by atoms with Crippen LogP contribution in [0.1, 0.15) is 31.0 Å². The Bertz CT molecular complexity index is 725. The van der Waals surface area contributed by atoms with Gasteiger partial charge in [-0.1, -0.05) is 0 Å². The quantitative estimate of drug-likeness (QED) is 0.784. The van der Waals surface area contributed by atoms with E-state index >= 15 is 0 Å². The molecule has 0 saturated heterocycles. The summed E-state index contributed by atoms with van der Waals surface area (Å²) in [6.45, 7) is 1.14. The summed E-state index contributed by atoms with van der Waals surface area (Å²) in [5, 5.41) is 4.58. The van der Waals surface area contributed by atoms with Crippen molar-refractivity contribution < 1.29 is 9.59 Å². The second-order valence-corrected chi connectivity index (χ2v) is 6.71. The summed E-state index contributed by atoms with van der Waals surface area (Å²) in [5.41, 5.74) is 0.921. The Balaban J connectivity index is 1.72. The summed E-state index contributed by atoms with van der Waals surface area (Å²) in [4.78, 5) is 37.2. The smallest absolute Gasteiger partial charge is 0.293 e. The van der Waals surface area contributed by atoms with Crippen LogP contribution in [0.25, 0.3) is 0 Å². The van der Waals surface area contributed by atoms with Gasteiger partial charge in [-0.15, -0.1) is 16.4 Å². The van der Waals surface area contributed by atoms with E-state index < -0.39 is 0 Å². The normalized spacial score (nSPS) is 14.3. The molecule has 0 aliphatic carbocycles. The van der Waals surface area contributed by atoms with Crippen molar-refractivity contribution in [2.24, 2.45) is 7.05 Å². The lowest BCUT2D eigenvalue weighted by atomic mass is 10.2. The molecule has 8 nitrogen and oxygen atoms in total. The Labute approximate surface area is 137 Å². The highest BCUT2D eigenvalue weighted by molar-refractivity contribution is 7.13. The minimum Gasteiger partial charge on any atom is -0.343 e. The molecule has 3 heterocycles. The molecule has 0 unspecified atom stereocenters. The molecule has 122 valence electrons. The van der Waals surface area contributed by atoms with Gasteiger partial charge in [0, 0.05) is 52.0 Å². The van der Waals surface area contributed by atoms with Gasteiger partial charge in [0.1, 0.15) is 6.33 Å². The Morgan fingerprint density at radius 3 is 2.65 bits per heavy atom. The SMILES string of the molecule is CN(C)C(=O)c1nc2c(s1)CCN(C(=O)c1ncn(C)n1)CC2. The molecule has 2 aromatic rings. The van der Waals surface area contributed by atoms with Gasteiger partial charge in [0.2, 0.25) is 5.82 Å². The minimum atomic E-state index is -0.162. The van der Waals surface area contributed by atoms with E-state index in [9.17, 15) is 9.59 Å². The molecule has 0 atom stereocenters. The summed E-state index contributed by atoms with van der Waals surface area (Å²) in [6, 6.07) is 0. The third-order valence-electron chi connectivity index (χ3n) is 3.67. The van der Waals surface area contributed by atoms with Crippen molar-refractivity contribution in [3.8, 4) is 0 Å². The lowest BCUT2D eigenvalue weighted by Gasteiger charge is -2.18. The molecular weight excluding hydrogens is 316 g/mol. The number of amides is 2. The number of nitrogens with zero attached hydrogens (tertiary/aromatic N) is 6. The number of thiazole rings is 1. The first kappa shape index (κ1) is 15.6. The molecular formula is C14H18N6O2S. The summed E-state index contributed by atoms with van der Waals surface area (Å²) in [5.74, 6) is -0.0202. The summed E-state index contributed by atoms with van der Waals surface area (Å²) >= 11 is 1.42. The van der Waals surface area contributed by atoms with Gasteiger partial charge >= 0.3 is 0 Å². The van der Waals surface area contributed by atoms with Gasteiger partial charge in [0.15, 0.2) is 5.01 Å². The third kappa shape index (κ3) is 3.09. The van der Waals surface area contributed by atoms with Gasteiger partial charge in [-0.3, -0.25) is 14.3 Å². The highest BCUT2D eigenvalue weighted by Gasteiger charge is 2.25. The molecule has 3 rings (SSSR count). The molecule has 9 heteroatoms. The van der Waals surface area contributed by atoms with Crippen molar-refractivity contribution in [2.75, 3.05) is 27.2 Å². The molecule has 0 spiro atoms. The molecule has 2 aromatic heterocycles. The first-order chi connectivity index (χ1) is 11.0. The summed E-state index contributed by atoms with van der Waals surface area (Å²) < 4.78 is 1.52. The van der Waals surface area contributed by atoms with Crippen LogP contribution in [0, 0.1) is 0 Å². The van der Waals surface area contributed by atoms with E-state index in [1.165, 1.54) is 27.2 Å². The molecule has 0 bridgehead atoms. The van der Waals surface area contributed by atoms with Gasteiger partial charge in [0.25, 0.3) is 11.8 Å². The first-order valence-electron chi connectivity index (χ1n) is 7.31. The second kappa shape index (κ2) is 6.07. The van der Waals surface area contributed by atoms with Crippen molar-refractivity contribution in [3.63, 3.8) is 0 Å². The van der Waals surface area contributed by atoms with E-state index in [0.717, 1.165) is 10.6 Å². The van der Waals surface area contributed by atoms with Crippen LogP contribution in [0.2, 0.25) is 0 Å². The zero-order valence-electron chi connectivity index (χ0n) is 13.3. The Morgan fingerprint density at radius 2 is 2.00 bits per heavy atom. The number of aryl methyl sites for hydroxylation is 1. The number of carbonyl (C=O) groups excluding carboxylic acids is 2. The van der Waals surface area contributed by atoms with E-state index in [-0.39, 0.29) is 17.6 Å². The number of hydrogen-bond donors (Lipinski definition) is 0. The largest absolute Gasteiger partial charge is 0.343 e. The van der Waals surface area contributed by atoms with Crippen LogP contribution in [-0.2, 0) is 19.9 Å². The maximum atomic E-state index is 12.4. The van der Waals surface area contributed by atoms with E-state index in [1.807, 2.05) is 0 Å². The van der Waals surface area contributed by atoms with Crippen molar-refractivity contribution in [3.05, 3.63) is 27.7 Å². The van der Waals surface area contributed by atoms with Crippen molar-refractivity contribution in [1.82, 2.24) is 29.5 Å². The van der Waals surface area contributed by atoms with Gasteiger partial charge in [-0.25, -0.2) is 9.97 Å². The highest BCUT2D eigenvalue weighted by atomic mass is 32.1. The molecule has 0 aromatic carbocycles. The maximum Gasteiger partial charge on any atom is 0.293 e. The van der Waals surface area contributed by atoms with E-state index in [2.05, 4.69) is 15.1 Å². The highest BCUT2D eigenvalue weighted by Crippen LogP contribution is 2.24. The lowest BCUT2D eigenvalue weighted by Crippen LogP contribution is -2.34. The molecule has 0 radical (unpaired) electrons. The van der Waals surface area contributed by atoms with E-state index in [0.29, 0.717) is 30.9 Å². The number of hydrogen-bond acceptors (Lipinski definition) is 6. The number of fused-ring (bicyclic) bond motifs is 1. The lowest BCUT2D eigenvalue weighted by molar-refractivity contribution is 0.0749. The fraction of sp³-hybridized carbons (Fsp3) is 0.500. The standard InChI is InChI=1S/C14H18N6O2S/c1-18(2)14(22)12-16-9-4-6-20(7-5-10(9)23-12)13(21)11-15-8-19(3)17-11/h8H,4-7H2,1-3H3. The van der Waals surface area contributed by atoms with Crippen molar-refractivity contribution >= 4 is 23.2 Å². The van der Waals surface area contributed by atoms with Crippen molar-refractivity contribution in [1.29, 1.82) is 0 Å². The Hall–Kier alpha value is -2.29. The average molecular weight is 334 g/mol. The number of aromatic nitrogens is 4.